The molecule has 0 radical (unpaired) electrons. The third-order valence-electron chi connectivity index (χ3n) is 10.2. The lowest BCUT2D eigenvalue weighted by atomic mass is 9.92. The summed E-state index contributed by atoms with van der Waals surface area (Å²) in [5, 5.41) is 10.2. The average Bonchev–Trinajstić information content (AvgIpc) is 3.54. The van der Waals surface area contributed by atoms with Crippen LogP contribution in [0.5, 0.6) is 0 Å². The van der Waals surface area contributed by atoms with Gasteiger partial charge in [-0.25, -0.2) is 0 Å². The fraction of sp³-hybridized carbons (Fsp3) is 0.0435. The van der Waals surface area contributed by atoms with Gasteiger partial charge in [-0.05, 0) is 101 Å². The number of hydrogen-bond donors (Lipinski definition) is 0. The van der Waals surface area contributed by atoms with E-state index in [1.807, 2.05) is 11.8 Å². The van der Waals surface area contributed by atoms with Crippen LogP contribution in [0.2, 0.25) is 0 Å². The number of allylic oxidation sites excluding steroid dienone is 4. The van der Waals surface area contributed by atoms with Crippen LogP contribution >= 0.6 is 11.8 Å². The van der Waals surface area contributed by atoms with E-state index in [-0.39, 0.29) is 0 Å². The molecule has 8 aromatic carbocycles. The Labute approximate surface area is 284 Å². The standard InChI is InChI=1S/C46H31NS/c1-3-12-37-30(9-1)11-7-15-38(37)32-23-25-35(26-24-32)47(43-17-8-16-42-41-14-5-6-18-44(41)48-46(42)43)36-27-28-40-34(29-36)22-21-33-20-19-31-10-2-4-13-39(31)45(33)40/h1-13,15-29,41H,14H2. The van der Waals surface area contributed by atoms with Crippen LogP contribution in [0.15, 0.2) is 180 Å². The number of benzene rings is 8. The number of nitrogens with zero attached hydrogens (tertiary/aromatic N) is 1. The van der Waals surface area contributed by atoms with Crippen LogP contribution in [0.3, 0.4) is 0 Å². The van der Waals surface area contributed by atoms with E-state index in [0.717, 1.165) is 17.8 Å². The Balaban J connectivity index is 1.16. The van der Waals surface area contributed by atoms with Gasteiger partial charge in [-0.3, -0.25) is 0 Å². The van der Waals surface area contributed by atoms with Crippen LogP contribution in [0.1, 0.15) is 17.9 Å². The van der Waals surface area contributed by atoms with Crippen molar-refractivity contribution >= 4 is 71.9 Å². The van der Waals surface area contributed by atoms with Gasteiger partial charge in [-0.2, -0.15) is 0 Å². The van der Waals surface area contributed by atoms with Gasteiger partial charge in [-0.1, -0.05) is 151 Å². The molecule has 1 nitrogen and oxygen atoms in total. The van der Waals surface area contributed by atoms with Crippen LogP contribution in [0.25, 0.3) is 54.2 Å². The molecule has 0 spiro atoms. The molecule has 2 heteroatoms. The Hall–Kier alpha value is -5.57. The third-order valence-corrected chi connectivity index (χ3v) is 11.5. The number of fused-ring (bicyclic) bond motifs is 9. The minimum absolute atomic E-state index is 0.446. The van der Waals surface area contributed by atoms with Gasteiger partial charge in [0.2, 0.25) is 0 Å². The molecule has 0 saturated carbocycles. The van der Waals surface area contributed by atoms with Gasteiger partial charge in [0.1, 0.15) is 0 Å². The lowest BCUT2D eigenvalue weighted by Crippen LogP contribution is -2.11. The molecule has 10 rings (SSSR count). The van der Waals surface area contributed by atoms with Gasteiger partial charge in [0.15, 0.2) is 0 Å². The monoisotopic (exact) mass is 629 g/mol. The first kappa shape index (κ1) is 27.5. The highest BCUT2D eigenvalue weighted by molar-refractivity contribution is 8.03. The molecule has 48 heavy (non-hydrogen) atoms. The molecule has 226 valence electrons. The van der Waals surface area contributed by atoms with E-state index in [4.69, 9.17) is 0 Å². The Morgan fingerprint density at radius 1 is 0.542 bits per heavy atom. The second-order valence-corrected chi connectivity index (χ2v) is 13.9. The minimum atomic E-state index is 0.446. The fourth-order valence-corrected chi connectivity index (χ4v) is 9.21. The summed E-state index contributed by atoms with van der Waals surface area (Å²) in [6, 6.07) is 56.1. The van der Waals surface area contributed by atoms with Gasteiger partial charge < -0.3 is 4.90 Å². The van der Waals surface area contributed by atoms with Crippen LogP contribution in [0.4, 0.5) is 17.1 Å². The van der Waals surface area contributed by atoms with E-state index in [2.05, 4.69) is 175 Å². The van der Waals surface area contributed by atoms with Crippen molar-refractivity contribution in [2.75, 3.05) is 4.90 Å². The van der Waals surface area contributed by atoms with Gasteiger partial charge >= 0.3 is 0 Å². The third kappa shape index (κ3) is 4.33. The normalized spacial score (nSPS) is 15.2. The number of anilines is 3. The predicted octanol–water partition coefficient (Wildman–Crippen LogP) is 13.5. The van der Waals surface area contributed by atoms with Gasteiger partial charge in [0.05, 0.1) is 5.69 Å². The molecule has 0 N–H and O–H groups in total. The maximum Gasteiger partial charge on any atom is 0.0604 e. The van der Waals surface area contributed by atoms with Crippen LogP contribution in [-0.4, -0.2) is 0 Å². The highest BCUT2D eigenvalue weighted by Crippen LogP contribution is 2.56. The number of rotatable bonds is 4. The molecule has 2 aliphatic rings. The molecule has 8 aromatic rings. The Morgan fingerprint density at radius 3 is 2.10 bits per heavy atom. The molecular formula is C46H31NS. The van der Waals surface area contributed by atoms with E-state index in [1.54, 1.807) is 0 Å². The lowest BCUT2D eigenvalue weighted by molar-refractivity contribution is 0.837. The zero-order chi connectivity index (χ0) is 31.6. The zero-order valence-corrected chi connectivity index (χ0v) is 27.1. The Kier molecular flexibility index (Phi) is 6.32. The molecule has 0 fully saturated rings. The van der Waals surface area contributed by atoms with Gasteiger partial charge in [0, 0.05) is 22.2 Å². The molecule has 1 aliphatic carbocycles. The van der Waals surface area contributed by atoms with Crippen LogP contribution in [0, 0.1) is 0 Å². The summed E-state index contributed by atoms with van der Waals surface area (Å²) >= 11 is 1.94. The van der Waals surface area contributed by atoms with Crippen molar-refractivity contribution in [3.05, 3.63) is 180 Å². The molecule has 0 amide bonds. The highest BCUT2D eigenvalue weighted by Gasteiger charge is 2.32. The molecule has 1 heterocycles. The highest BCUT2D eigenvalue weighted by atomic mass is 32.2. The van der Waals surface area contributed by atoms with Crippen molar-refractivity contribution in [1.29, 1.82) is 0 Å². The predicted molar refractivity (Wildman–Crippen MR) is 207 cm³/mol. The topological polar surface area (TPSA) is 3.24 Å². The first-order valence-corrected chi connectivity index (χ1v) is 17.5. The molecule has 0 saturated heterocycles. The summed E-state index contributed by atoms with van der Waals surface area (Å²) in [7, 11) is 0. The number of hydrogen-bond acceptors (Lipinski definition) is 2. The molecule has 1 atom stereocenters. The van der Waals surface area contributed by atoms with Crippen LogP contribution < -0.4 is 4.90 Å². The van der Waals surface area contributed by atoms with Crippen LogP contribution in [-0.2, 0) is 0 Å². The maximum absolute atomic E-state index is 2.47. The van der Waals surface area contributed by atoms with E-state index < -0.39 is 0 Å². The lowest BCUT2D eigenvalue weighted by Gasteiger charge is -2.28. The van der Waals surface area contributed by atoms with E-state index >= 15 is 0 Å². The molecule has 0 bridgehead atoms. The first-order chi connectivity index (χ1) is 23.8. The Morgan fingerprint density at radius 2 is 1.23 bits per heavy atom. The van der Waals surface area contributed by atoms with Gasteiger partial charge in [-0.15, -0.1) is 0 Å². The fourth-order valence-electron chi connectivity index (χ4n) is 7.87. The second kappa shape index (κ2) is 11.0. The van der Waals surface area contributed by atoms with E-state index in [9.17, 15) is 0 Å². The summed E-state index contributed by atoms with van der Waals surface area (Å²) in [4.78, 5) is 5.28. The van der Waals surface area contributed by atoms with Crippen molar-refractivity contribution in [2.45, 2.75) is 17.2 Å². The van der Waals surface area contributed by atoms with Crippen molar-refractivity contribution in [1.82, 2.24) is 0 Å². The van der Waals surface area contributed by atoms with E-state index in [0.29, 0.717) is 5.92 Å². The summed E-state index contributed by atoms with van der Waals surface area (Å²) in [5.74, 6) is 0.446. The smallest absolute Gasteiger partial charge is 0.0604 e. The van der Waals surface area contributed by atoms with Crippen molar-refractivity contribution < 1.29 is 0 Å². The SMILES string of the molecule is C1=CCC2C(=C1)Sc1c2cccc1N(c1ccc(-c2cccc3ccccc23)cc1)c1ccc2c(ccc3ccc4ccccc4c32)c1. The minimum Gasteiger partial charge on any atom is -0.309 e. The van der Waals surface area contributed by atoms with Crippen molar-refractivity contribution in [3.63, 3.8) is 0 Å². The van der Waals surface area contributed by atoms with Gasteiger partial charge in [0.25, 0.3) is 0 Å². The summed E-state index contributed by atoms with van der Waals surface area (Å²) in [6.45, 7) is 0. The zero-order valence-electron chi connectivity index (χ0n) is 26.3. The number of thioether (sulfide) groups is 1. The second-order valence-electron chi connectivity index (χ2n) is 12.8. The maximum atomic E-state index is 2.47. The molecular weight excluding hydrogens is 599 g/mol. The van der Waals surface area contributed by atoms with Crippen molar-refractivity contribution in [3.8, 4) is 11.1 Å². The average molecular weight is 630 g/mol. The van der Waals surface area contributed by atoms with E-state index in [1.165, 1.54) is 75.3 Å². The summed E-state index contributed by atoms with van der Waals surface area (Å²) in [5.41, 5.74) is 7.47. The first-order valence-electron chi connectivity index (χ1n) is 16.7. The summed E-state index contributed by atoms with van der Waals surface area (Å²) in [6.07, 6.45) is 7.88. The molecule has 1 unspecified atom stereocenters. The molecule has 1 aliphatic heterocycles. The molecule has 0 aromatic heterocycles. The quantitative estimate of drug-likeness (QED) is 0.178. The largest absolute Gasteiger partial charge is 0.309 e. The summed E-state index contributed by atoms with van der Waals surface area (Å²) < 4.78 is 0. The van der Waals surface area contributed by atoms with Crippen molar-refractivity contribution in [2.24, 2.45) is 0 Å². The Bertz CT molecular complexity index is 2620.